The summed E-state index contributed by atoms with van der Waals surface area (Å²) in [5, 5.41) is 0.697. The number of halogens is 3. The second kappa shape index (κ2) is 5.61. The molecule has 0 N–H and O–H groups in total. The first-order chi connectivity index (χ1) is 7.06. The first-order valence-electron chi connectivity index (χ1n) is 4.32. The molecule has 0 spiro atoms. The molecule has 1 rings (SSSR count). The molecule has 0 aliphatic carbocycles. The zero-order valence-electron chi connectivity index (χ0n) is 8.14. The Morgan fingerprint density at radius 2 is 2.20 bits per heavy atom. The molecule has 0 heterocycles. The van der Waals surface area contributed by atoms with Crippen molar-refractivity contribution in [1.29, 1.82) is 0 Å². The van der Waals surface area contributed by atoms with Crippen molar-refractivity contribution < 1.29 is 9.18 Å². The molecule has 0 saturated heterocycles. The first-order valence-corrected chi connectivity index (χ1v) is 6.24. The Labute approximate surface area is 105 Å². The molecule has 2 nitrogen and oxygen atoms in total. The van der Waals surface area contributed by atoms with Crippen LogP contribution < -0.4 is 0 Å². The average Bonchev–Trinajstić information content (AvgIpc) is 2.21. The van der Waals surface area contributed by atoms with E-state index < -0.39 is 5.82 Å². The van der Waals surface area contributed by atoms with E-state index in [4.69, 9.17) is 0 Å². The third-order valence-corrected chi connectivity index (χ3v) is 2.97. The summed E-state index contributed by atoms with van der Waals surface area (Å²) in [7, 11) is 1.68. The summed E-state index contributed by atoms with van der Waals surface area (Å²) in [5.74, 6) is -0.602. The van der Waals surface area contributed by atoms with Gasteiger partial charge in [-0.3, -0.25) is 4.79 Å². The van der Waals surface area contributed by atoms with Gasteiger partial charge >= 0.3 is 0 Å². The van der Waals surface area contributed by atoms with E-state index >= 15 is 0 Å². The summed E-state index contributed by atoms with van der Waals surface area (Å²) < 4.78 is 13.6. The lowest BCUT2D eigenvalue weighted by atomic mass is 10.2. The number of nitrogens with zero attached hydrogens (tertiary/aromatic N) is 1. The van der Waals surface area contributed by atoms with Gasteiger partial charge in [0.1, 0.15) is 5.82 Å². The zero-order chi connectivity index (χ0) is 11.4. The SMILES string of the molecule is CN(CCBr)C(=O)c1cc(F)ccc1Br. The van der Waals surface area contributed by atoms with Crippen LogP contribution in [-0.4, -0.2) is 29.7 Å². The molecule has 5 heteroatoms. The zero-order valence-corrected chi connectivity index (χ0v) is 11.3. The standard InChI is InChI=1S/C10H10Br2FNO/c1-14(5-4-11)10(15)8-6-7(13)2-3-9(8)12/h2-3,6H,4-5H2,1H3. The van der Waals surface area contributed by atoms with Crippen molar-refractivity contribution in [2.24, 2.45) is 0 Å². The molecule has 0 saturated carbocycles. The molecule has 82 valence electrons. The molecule has 0 atom stereocenters. The minimum Gasteiger partial charge on any atom is -0.341 e. The fraction of sp³-hybridized carbons (Fsp3) is 0.300. The van der Waals surface area contributed by atoms with E-state index in [0.717, 1.165) is 0 Å². The Morgan fingerprint density at radius 1 is 1.53 bits per heavy atom. The second-order valence-corrected chi connectivity index (χ2v) is 4.69. The molecular formula is C10H10Br2FNO. The summed E-state index contributed by atoms with van der Waals surface area (Å²) in [5.41, 5.74) is 0.346. The van der Waals surface area contributed by atoms with E-state index in [1.807, 2.05) is 0 Å². The second-order valence-electron chi connectivity index (χ2n) is 3.04. The molecule has 1 aromatic rings. The number of hydrogen-bond acceptors (Lipinski definition) is 1. The van der Waals surface area contributed by atoms with Crippen LogP contribution in [0.4, 0.5) is 4.39 Å². The predicted molar refractivity (Wildman–Crippen MR) is 64.9 cm³/mol. The highest BCUT2D eigenvalue weighted by Gasteiger charge is 2.14. The molecule has 0 unspecified atom stereocenters. The monoisotopic (exact) mass is 337 g/mol. The van der Waals surface area contributed by atoms with E-state index in [1.165, 1.54) is 23.1 Å². The number of amides is 1. The summed E-state index contributed by atoms with van der Waals surface area (Å²) >= 11 is 6.47. The van der Waals surface area contributed by atoms with Crippen LogP contribution in [0.2, 0.25) is 0 Å². The lowest BCUT2D eigenvalue weighted by molar-refractivity contribution is 0.0802. The lowest BCUT2D eigenvalue weighted by Gasteiger charge is -2.16. The topological polar surface area (TPSA) is 20.3 Å². The number of carbonyl (C=O) groups is 1. The minimum absolute atomic E-state index is 0.194. The van der Waals surface area contributed by atoms with Crippen molar-refractivity contribution >= 4 is 37.8 Å². The van der Waals surface area contributed by atoms with Gasteiger partial charge in [-0.05, 0) is 34.1 Å². The third-order valence-electron chi connectivity index (χ3n) is 1.93. The number of carbonyl (C=O) groups excluding carboxylic acids is 1. The predicted octanol–water partition coefficient (Wildman–Crippen LogP) is 3.06. The number of rotatable bonds is 3. The number of alkyl halides is 1. The molecular weight excluding hydrogens is 329 g/mol. The quantitative estimate of drug-likeness (QED) is 0.776. The van der Waals surface area contributed by atoms with Gasteiger partial charge in [-0.15, -0.1) is 0 Å². The Kier molecular flexibility index (Phi) is 4.73. The van der Waals surface area contributed by atoms with Crippen LogP contribution >= 0.6 is 31.9 Å². The fourth-order valence-electron chi connectivity index (χ4n) is 1.10. The van der Waals surface area contributed by atoms with Gasteiger partial charge < -0.3 is 4.90 Å². The van der Waals surface area contributed by atoms with Gasteiger partial charge in [0.25, 0.3) is 5.91 Å². The van der Waals surface area contributed by atoms with Crippen LogP contribution in [0.5, 0.6) is 0 Å². The average molecular weight is 339 g/mol. The summed E-state index contributed by atoms with van der Waals surface area (Å²) in [6.45, 7) is 0.585. The smallest absolute Gasteiger partial charge is 0.254 e. The van der Waals surface area contributed by atoms with Gasteiger partial charge in [-0.25, -0.2) is 4.39 Å². The van der Waals surface area contributed by atoms with E-state index in [9.17, 15) is 9.18 Å². The van der Waals surface area contributed by atoms with Crippen LogP contribution in [0.3, 0.4) is 0 Å². The van der Waals surface area contributed by atoms with Gasteiger partial charge in [0.15, 0.2) is 0 Å². The normalized spacial score (nSPS) is 10.1. The van der Waals surface area contributed by atoms with Crippen molar-refractivity contribution in [1.82, 2.24) is 4.90 Å². The Bertz CT molecular complexity index is 370. The van der Waals surface area contributed by atoms with Crippen LogP contribution in [-0.2, 0) is 0 Å². The lowest BCUT2D eigenvalue weighted by Crippen LogP contribution is -2.28. The first kappa shape index (κ1) is 12.6. The van der Waals surface area contributed by atoms with E-state index in [-0.39, 0.29) is 5.91 Å². The van der Waals surface area contributed by atoms with Crippen LogP contribution in [0, 0.1) is 5.82 Å². The van der Waals surface area contributed by atoms with Gasteiger partial charge in [0, 0.05) is 23.4 Å². The van der Waals surface area contributed by atoms with Crippen LogP contribution in [0.1, 0.15) is 10.4 Å². The van der Waals surface area contributed by atoms with Gasteiger partial charge in [0.2, 0.25) is 0 Å². The molecule has 1 amide bonds. The Hall–Kier alpha value is -0.420. The van der Waals surface area contributed by atoms with E-state index in [0.29, 0.717) is 21.9 Å². The maximum absolute atomic E-state index is 13.0. The minimum atomic E-state index is -0.409. The Morgan fingerprint density at radius 3 is 2.80 bits per heavy atom. The van der Waals surface area contributed by atoms with Crippen molar-refractivity contribution in [3.63, 3.8) is 0 Å². The molecule has 0 aromatic heterocycles. The molecule has 0 radical (unpaired) electrons. The molecule has 0 fully saturated rings. The van der Waals surface area contributed by atoms with Crippen molar-refractivity contribution in [3.8, 4) is 0 Å². The molecule has 0 aliphatic rings. The Balaban J connectivity index is 2.95. The van der Waals surface area contributed by atoms with Crippen molar-refractivity contribution in [3.05, 3.63) is 34.1 Å². The van der Waals surface area contributed by atoms with Gasteiger partial charge in [-0.2, -0.15) is 0 Å². The van der Waals surface area contributed by atoms with Gasteiger partial charge in [0.05, 0.1) is 5.56 Å². The fourth-order valence-corrected chi connectivity index (χ4v) is 2.04. The maximum atomic E-state index is 13.0. The van der Waals surface area contributed by atoms with Crippen molar-refractivity contribution in [2.45, 2.75) is 0 Å². The summed E-state index contributed by atoms with van der Waals surface area (Å²) in [6.07, 6.45) is 0. The molecule has 0 bridgehead atoms. The van der Waals surface area contributed by atoms with Gasteiger partial charge in [-0.1, -0.05) is 15.9 Å². The molecule has 15 heavy (non-hydrogen) atoms. The largest absolute Gasteiger partial charge is 0.341 e. The van der Waals surface area contributed by atoms with Crippen LogP contribution in [0.15, 0.2) is 22.7 Å². The third kappa shape index (κ3) is 3.28. The highest BCUT2D eigenvalue weighted by atomic mass is 79.9. The maximum Gasteiger partial charge on any atom is 0.254 e. The number of benzene rings is 1. The van der Waals surface area contributed by atoms with E-state index in [1.54, 1.807) is 7.05 Å². The summed E-state index contributed by atoms with van der Waals surface area (Å²) in [6, 6.07) is 4.08. The summed E-state index contributed by atoms with van der Waals surface area (Å²) in [4.78, 5) is 13.4. The van der Waals surface area contributed by atoms with E-state index in [2.05, 4.69) is 31.9 Å². The molecule has 0 aliphatic heterocycles. The number of hydrogen-bond donors (Lipinski definition) is 0. The highest BCUT2D eigenvalue weighted by Crippen LogP contribution is 2.19. The van der Waals surface area contributed by atoms with Crippen molar-refractivity contribution in [2.75, 3.05) is 18.9 Å². The molecule has 1 aromatic carbocycles. The van der Waals surface area contributed by atoms with Crippen LogP contribution in [0.25, 0.3) is 0 Å². The highest BCUT2D eigenvalue weighted by molar-refractivity contribution is 9.10.